The van der Waals surface area contributed by atoms with Crippen LogP contribution in [0, 0.1) is 12.8 Å². The van der Waals surface area contributed by atoms with E-state index in [0.717, 1.165) is 53.8 Å². The Morgan fingerprint density at radius 2 is 2.06 bits per heavy atom. The number of aromatic nitrogens is 2. The topological polar surface area (TPSA) is 101 Å². The molecule has 31 heavy (non-hydrogen) atoms. The number of nitrogens with one attached hydrogen (secondary N) is 1. The fourth-order valence-electron chi connectivity index (χ4n) is 4.09. The fourth-order valence-corrected chi connectivity index (χ4v) is 5.21. The number of hydrogen-bond donors (Lipinski definition) is 2. The number of nitrogens with two attached hydrogens (primary N) is 1. The van der Waals surface area contributed by atoms with Crippen LogP contribution in [0.4, 0.5) is 5.82 Å². The Kier molecular flexibility index (Phi) is 6.46. The number of carbonyl (C=O) groups excluding carboxylic acids is 2. The molecule has 1 unspecified atom stereocenters. The molecule has 1 aliphatic rings. The van der Waals surface area contributed by atoms with E-state index < -0.39 is 0 Å². The summed E-state index contributed by atoms with van der Waals surface area (Å²) < 4.78 is 0. The van der Waals surface area contributed by atoms with Crippen molar-refractivity contribution in [2.24, 2.45) is 11.7 Å². The molecule has 1 saturated heterocycles. The number of piperidine rings is 1. The Hall–Kier alpha value is -3.00. The predicted octanol–water partition coefficient (Wildman–Crippen LogP) is 3.38. The molecule has 0 radical (unpaired) electrons. The Labute approximate surface area is 185 Å². The van der Waals surface area contributed by atoms with Gasteiger partial charge in [0.2, 0.25) is 5.91 Å². The molecule has 1 fully saturated rings. The number of primary amides is 1. The van der Waals surface area contributed by atoms with Gasteiger partial charge in [-0.1, -0.05) is 30.3 Å². The molecule has 8 heteroatoms. The number of nitrogens with zero attached hydrogens (tertiary/aromatic N) is 3. The van der Waals surface area contributed by atoms with Crippen LogP contribution in [0.2, 0.25) is 0 Å². The number of thiophene rings is 1. The van der Waals surface area contributed by atoms with Gasteiger partial charge in [0.05, 0.1) is 16.2 Å². The second-order valence-corrected chi connectivity index (χ2v) is 8.97. The highest BCUT2D eigenvalue weighted by Crippen LogP contribution is 2.34. The van der Waals surface area contributed by atoms with Gasteiger partial charge < -0.3 is 16.0 Å². The van der Waals surface area contributed by atoms with Gasteiger partial charge in [-0.05, 0) is 43.7 Å². The number of anilines is 1. The van der Waals surface area contributed by atoms with Crippen LogP contribution in [-0.4, -0.2) is 46.3 Å². The minimum absolute atomic E-state index is 0.0542. The SMILES string of the molecule is Cc1c(C(=O)N2CCCC(C(N)=O)C2)sc2ncnc(NCCCc3ccccc3)c12. The van der Waals surface area contributed by atoms with E-state index in [4.69, 9.17) is 5.73 Å². The summed E-state index contributed by atoms with van der Waals surface area (Å²) in [7, 11) is 0. The van der Waals surface area contributed by atoms with E-state index in [9.17, 15) is 9.59 Å². The van der Waals surface area contributed by atoms with Crippen LogP contribution in [-0.2, 0) is 11.2 Å². The smallest absolute Gasteiger partial charge is 0.264 e. The lowest BCUT2D eigenvalue weighted by Crippen LogP contribution is -2.44. The lowest BCUT2D eigenvalue weighted by Gasteiger charge is -2.31. The molecule has 1 aromatic carbocycles. The molecule has 3 heterocycles. The molecule has 162 valence electrons. The zero-order valence-corrected chi connectivity index (χ0v) is 18.5. The lowest BCUT2D eigenvalue weighted by atomic mass is 9.97. The third kappa shape index (κ3) is 4.69. The van der Waals surface area contributed by atoms with Crippen molar-refractivity contribution < 1.29 is 9.59 Å². The summed E-state index contributed by atoms with van der Waals surface area (Å²) in [5.41, 5.74) is 7.67. The predicted molar refractivity (Wildman–Crippen MR) is 123 cm³/mol. The quantitative estimate of drug-likeness (QED) is 0.552. The molecule has 1 aliphatic heterocycles. The molecule has 0 aliphatic carbocycles. The van der Waals surface area contributed by atoms with Gasteiger partial charge in [0.1, 0.15) is 17.0 Å². The third-order valence-corrected chi connectivity index (χ3v) is 7.00. The molecular weight excluding hydrogens is 410 g/mol. The van der Waals surface area contributed by atoms with Gasteiger partial charge >= 0.3 is 0 Å². The molecule has 7 nitrogen and oxygen atoms in total. The van der Waals surface area contributed by atoms with Crippen LogP contribution in [0.25, 0.3) is 10.2 Å². The van der Waals surface area contributed by atoms with Crippen LogP contribution in [0.3, 0.4) is 0 Å². The number of rotatable bonds is 7. The zero-order chi connectivity index (χ0) is 21.8. The van der Waals surface area contributed by atoms with Crippen LogP contribution >= 0.6 is 11.3 Å². The van der Waals surface area contributed by atoms with Gasteiger partial charge in [0, 0.05) is 19.6 Å². The first-order chi connectivity index (χ1) is 15.0. The normalized spacial score (nSPS) is 16.4. The first-order valence-electron chi connectivity index (χ1n) is 10.6. The fraction of sp³-hybridized carbons (Fsp3) is 0.391. The number of aryl methyl sites for hydroxylation is 2. The zero-order valence-electron chi connectivity index (χ0n) is 17.6. The van der Waals surface area contributed by atoms with E-state index in [1.165, 1.54) is 23.2 Å². The van der Waals surface area contributed by atoms with Crippen LogP contribution in [0.15, 0.2) is 36.7 Å². The molecule has 0 saturated carbocycles. The third-order valence-electron chi connectivity index (χ3n) is 5.81. The number of fused-ring (bicyclic) bond motifs is 1. The van der Waals surface area contributed by atoms with Gasteiger partial charge in [-0.15, -0.1) is 11.3 Å². The number of benzene rings is 1. The second-order valence-electron chi connectivity index (χ2n) is 7.97. The van der Waals surface area contributed by atoms with Crippen molar-refractivity contribution in [3.8, 4) is 0 Å². The van der Waals surface area contributed by atoms with Crippen molar-refractivity contribution in [2.75, 3.05) is 25.0 Å². The largest absolute Gasteiger partial charge is 0.369 e. The summed E-state index contributed by atoms with van der Waals surface area (Å²) >= 11 is 1.39. The average molecular weight is 438 g/mol. The summed E-state index contributed by atoms with van der Waals surface area (Å²) in [5.74, 6) is 0.105. The molecule has 1 atom stereocenters. The highest BCUT2D eigenvalue weighted by atomic mass is 32.1. The number of amides is 2. The van der Waals surface area contributed by atoms with Crippen LogP contribution < -0.4 is 11.1 Å². The van der Waals surface area contributed by atoms with Crippen molar-refractivity contribution in [2.45, 2.75) is 32.6 Å². The van der Waals surface area contributed by atoms with Crippen molar-refractivity contribution in [1.29, 1.82) is 0 Å². The molecule has 0 spiro atoms. The summed E-state index contributed by atoms with van der Waals surface area (Å²) in [4.78, 5) is 36.8. The summed E-state index contributed by atoms with van der Waals surface area (Å²) in [6, 6.07) is 10.4. The van der Waals surface area contributed by atoms with Gasteiger partial charge in [-0.25, -0.2) is 9.97 Å². The molecule has 2 aromatic heterocycles. The number of hydrogen-bond acceptors (Lipinski definition) is 6. The monoisotopic (exact) mass is 437 g/mol. The molecule has 2 amide bonds. The maximum Gasteiger partial charge on any atom is 0.264 e. The van der Waals surface area contributed by atoms with E-state index in [-0.39, 0.29) is 17.7 Å². The molecule has 3 aromatic rings. The van der Waals surface area contributed by atoms with E-state index in [2.05, 4.69) is 39.6 Å². The summed E-state index contributed by atoms with van der Waals surface area (Å²) in [6.45, 7) is 3.76. The number of carbonyl (C=O) groups is 2. The second kappa shape index (κ2) is 9.43. The maximum atomic E-state index is 13.2. The molecule has 4 rings (SSSR count). The van der Waals surface area contributed by atoms with Crippen molar-refractivity contribution in [3.63, 3.8) is 0 Å². The Bertz CT molecular complexity index is 1080. The minimum Gasteiger partial charge on any atom is -0.369 e. The van der Waals surface area contributed by atoms with E-state index in [1.54, 1.807) is 4.90 Å². The highest BCUT2D eigenvalue weighted by molar-refractivity contribution is 7.20. The molecule has 3 N–H and O–H groups in total. The standard InChI is InChI=1S/C23H27N5O2S/c1-15-18-21(25-11-5-9-16-7-3-2-4-8-16)26-14-27-22(18)31-19(15)23(30)28-12-6-10-17(13-28)20(24)29/h2-4,7-8,14,17H,5-6,9-13H2,1H3,(H2,24,29)(H,25,26,27). The first kappa shape index (κ1) is 21.2. The van der Waals surface area contributed by atoms with Gasteiger partial charge in [-0.2, -0.15) is 0 Å². The number of likely N-dealkylation sites (tertiary alicyclic amines) is 1. The Morgan fingerprint density at radius 1 is 1.26 bits per heavy atom. The van der Waals surface area contributed by atoms with Crippen LogP contribution in [0.5, 0.6) is 0 Å². The average Bonchev–Trinajstić information content (AvgIpc) is 3.14. The molecular formula is C23H27N5O2S. The molecule has 0 bridgehead atoms. The van der Waals surface area contributed by atoms with E-state index >= 15 is 0 Å². The summed E-state index contributed by atoms with van der Waals surface area (Å²) in [5, 5.41) is 4.32. The Morgan fingerprint density at radius 3 is 2.84 bits per heavy atom. The lowest BCUT2D eigenvalue weighted by molar-refractivity contribution is -0.123. The van der Waals surface area contributed by atoms with Gasteiger partial charge in [-0.3, -0.25) is 9.59 Å². The van der Waals surface area contributed by atoms with Gasteiger partial charge in [0.15, 0.2) is 0 Å². The van der Waals surface area contributed by atoms with Crippen molar-refractivity contribution in [1.82, 2.24) is 14.9 Å². The van der Waals surface area contributed by atoms with E-state index in [0.29, 0.717) is 18.0 Å². The van der Waals surface area contributed by atoms with Crippen molar-refractivity contribution in [3.05, 3.63) is 52.7 Å². The maximum absolute atomic E-state index is 13.2. The summed E-state index contributed by atoms with van der Waals surface area (Å²) in [6.07, 6.45) is 5.04. The first-order valence-corrected chi connectivity index (χ1v) is 11.5. The van der Waals surface area contributed by atoms with Crippen LogP contribution in [0.1, 0.15) is 40.1 Å². The Balaban J connectivity index is 1.48. The van der Waals surface area contributed by atoms with E-state index in [1.807, 2.05) is 13.0 Å². The highest BCUT2D eigenvalue weighted by Gasteiger charge is 2.30. The minimum atomic E-state index is -0.335. The van der Waals surface area contributed by atoms with Gasteiger partial charge in [0.25, 0.3) is 5.91 Å². The van der Waals surface area contributed by atoms with Crippen molar-refractivity contribution >= 4 is 39.2 Å².